The van der Waals surface area contributed by atoms with Gasteiger partial charge < -0.3 is 5.32 Å². The summed E-state index contributed by atoms with van der Waals surface area (Å²) in [4.78, 5) is 32.9. The lowest BCUT2D eigenvalue weighted by Crippen LogP contribution is -2.42. The molecule has 0 unspecified atom stereocenters. The highest BCUT2D eigenvalue weighted by Crippen LogP contribution is 2.15. The highest BCUT2D eigenvalue weighted by Gasteiger charge is 2.18. The Morgan fingerprint density at radius 2 is 1.93 bits per heavy atom. The van der Waals surface area contributed by atoms with Gasteiger partial charge in [-0.2, -0.15) is 4.98 Å². The molecule has 0 radical (unpaired) electrons. The number of fused-ring (bicyclic) bond motifs is 1. The van der Waals surface area contributed by atoms with Crippen LogP contribution >= 0.6 is 11.8 Å². The topological polar surface area (TPSA) is 89.2 Å². The minimum absolute atomic E-state index is 0.0710. The van der Waals surface area contributed by atoms with Crippen LogP contribution in [0.25, 0.3) is 5.78 Å². The van der Waals surface area contributed by atoms with E-state index in [-0.39, 0.29) is 17.4 Å². The molecule has 1 atom stereocenters. The molecule has 0 saturated heterocycles. The van der Waals surface area contributed by atoms with Crippen molar-refractivity contribution in [3.8, 4) is 0 Å². The Morgan fingerprint density at radius 1 is 1.19 bits per heavy atom. The average Bonchev–Trinajstić information content (AvgIpc) is 3.03. The van der Waals surface area contributed by atoms with Gasteiger partial charge in [-0.05, 0) is 38.8 Å². The third-order valence-corrected chi connectivity index (χ3v) is 4.88. The summed E-state index contributed by atoms with van der Waals surface area (Å²) in [5, 5.41) is 7.65. The van der Waals surface area contributed by atoms with Crippen molar-refractivity contribution >= 4 is 29.2 Å². The number of carbonyl (C=O) groups is 2. The van der Waals surface area contributed by atoms with Crippen LogP contribution in [0.4, 0.5) is 0 Å². The Morgan fingerprint density at radius 3 is 2.63 bits per heavy atom. The van der Waals surface area contributed by atoms with Crippen LogP contribution in [-0.2, 0) is 16.0 Å². The van der Waals surface area contributed by atoms with E-state index in [2.05, 4.69) is 20.4 Å². The van der Waals surface area contributed by atoms with E-state index >= 15 is 0 Å². The van der Waals surface area contributed by atoms with Crippen LogP contribution in [0.15, 0.2) is 41.6 Å². The third kappa shape index (κ3) is 4.91. The highest BCUT2D eigenvalue weighted by atomic mass is 32.2. The van der Waals surface area contributed by atoms with Gasteiger partial charge in [0.25, 0.3) is 5.78 Å². The molecular formula is C19H21N5O2S. The second-order valence-corrected chi connectivity index (χ2v) is 7.30. The van der Waals surface area contributed by atoms with Crippen LogP contribution in [0.1, 0.15) is 23.9 Å². The molecule has 0 spiro atoms. The summed E-state index contributed by atoms with van der Waals surface area (Å²) in [6, 6.07) is 11.0. The number of Topliss-reactive ketones (excluding diaryl/α,β-unsaturated/α-hetero) is 1. The maximum absolute atomic E-state index is 12.3. The Balaban J connectivity index is 1.61. The van der Waals surface area contributed by atoms with Gasteiger partial charge in [-0.1, -0.05) is 42.1 Å². The molecule has 140 valence electrons. The van der Waals surface area contributed by atoms with Crippen LogP contribution in [0.2, 0.25) is 0 Å². The van der Waals surface area contributed by atoms with Gasteiger partial charge in [-0.25, -0.2) is 9.50 Å². The molecule has 3 aromatic rings. The van der Waals surface area contributed by atoms with Crippen molar-refractivity contribution in [3.05, 3.63) is 53.3 Å². The van der Waals surface area contributed by atoms with E-state index in [4.69, 9.17) is 0 Å². The molecule has 2 heterocycles. The molecule has 0 aliphatic heterocycles. The SMILES string of the molecule is CC(=O)[C@@H](Cc1ccccc1)NC(=O)CSc1nc2nc(C)cc(C)n2n1. The first-order chi connectivity index (χ1) is 12.9. The minimum atomic E-state index is -0.541. The fourth-order valence-corrected chi connectivity index (χ4v) is 3.35. The normalized spacial score (nSPS) is 12.1. The first kappa shape index (κ1) is 19.0. The summed E-state index contributed by atoms with van der Waals surface area (Å²) in [7, 11) is 0. The number of nitrogens with zero attached hydrogens (tertiary/aromatic N) is 4. The quantitative estimate of drug-likeness (QED) is 0.629. The lowest BCUT2D eigenvalue weighted by molar-refractivity contribution is -0.125. The molecule has 27 heavy (non-hydrogen) atoms. The van der Waals surface area contributed by atoms with Gasteiger partial charge in [-0.15, -0.1) is 5.10 Å². The molecule has 0 aliphatic carbocycles. The fraction of sp³-hybridized carbons (Fsp3) is 0.316. The number of aromatic nitrogens is 4. The molecule has 1 aromatic carbocycles. The van der Waals surface area contributed by atoms with E-state index in [0.717, 1.165) is 17.0 Å². The first-order valence-electron chi connectivity index (χ1n) is 8.60. The predicted molar refractivity (Wildman–Crippen MR) is 104 cm³/mol. The minimum Gasteiger partial charge on any atom is -0.345 e. The Bertz CT molecular complexity index is 971. The van der Waals surface area contributed by atoms with Crippen molar-refractivity contribution in [2.45, 2.75) is 38.4 Å². The lowest BCUT2D eigenvalue weighted by atomic mass is 10.0. The van der Waals surface area contributed by atoms with Gasteiger partial charge >= 0.3 is 0 Å². The van der Waals surface area contributed by atoms with Crippen LogP contribution in [-0.4, -0.2) is 43.1 Å². The summed E-state index contributed by atoms with van der Waals surface area (Å²) < 4.78 is 1.65. The molecule has 0 aliphatic rings. The lowest BCUT2D eigenvalue weighted by Gasteiger charge is -2.15. The van der Waals surface area contributed by atoms with E-state index in [1.165, 1.54) is 18.7 Å². The average molecular weight is 383 g/mol. The second-order valence-electron chi connectivity index (χ2n) is 6.35. The van der Waals surface area contributed by atoms with E-state index in [9.17, 15) is 9.59 Å². The summed E-state index contributed by atoms with van der Waals surface area (Å²) in [5.41, 5.74) is 2.80. The number of hydrogen-bond donors (Lipinski definition) is 1. The van der Waals surface area contributed by atoms with Crippen molar-refractivity contribution in [2.75, 3.05) is 5.75 Å². The van der Waals surface area contributed by atoms with Crippen LogP contribution in [0.3, 0.4) is 0 Å². The number of hydrogen-bond acceptors (Lipinski definition) is 6. The molecule has 0 bridgehead atoms. The molecule has 1 N–H and O–H groups in total. The van der Waals surface area contributed by atoms with E-state index in [1.807, 2.05) is 50.2 Å². The summed E-state index contributed by atoms with van der Waals surface area (Å²) in [5.74, 6) is 0.350. The van der Waals surface area contributed by atoms with Crippen LogP contribution in [0, 0.1) is 13.8 Å². The van der Waals surface area contributed by atoms with Gasteiger partial charge in [0.1, 0.15) is 0 Å². The number of benzene rings is 1. The maximum Gasteiger partial charge on any atom is 0.253 e. The Hall–Kier alpha value is -2.74. The van der Waals surface area contributed by atoms with E-state index in [1.54, 1.807) is 4.52 Å². The van der Waals surface area contributed by atoms with E-state index < -0.39 is 6.04 Å². The summed E-state index contributed by atoms with van der Waals surface area (Å²) in [6.07, 6.45) is 0.474. The number of amides is 1. The summed E-state index contributed by atoms with van der Waals surface area (Å²) >= 11 is 1.22. The fourth-order valence-electron chi connectivity index (χ4n) is 2.72. The number of nitrogens with one attached hydrogen (secondary N) is 1. The molecule has 8 heteroatoms. The number of aryl methyl sites for hydroxylation is 2. The van der Waals surface area contributed by atoms with Crippen LogP contribution in [0.5, 0.6) is 0 Å². The van der Waals surface area contributed by atoms with Crippen molar-refractivity contribution in [2.24, 2.45) is 0 Å². The van der Waals surface area contributed by atoms with Crippen LogP contribution < -0.4 is 5.32 Å². The smallest absolute Gasteiger partial charge is 0.253 e. The predicted octanol–water partition coefficient (Wildman–Crippen LogP) is 2.15. The van der Waals surface area contributed by atoms with Gasteiger partial charge in [0.05, 0.1) is 11.8 Å². The van der Waals surface area contributed by atoms with Crippen molar-refractivity contribution < 1.29 is 9.59 Å². The molecule has 0 fully saturated rings. The molecule has 1 amide bonds. The Labute approximate surface area is 161 Å². The van der Waals surface area contributed by atoms with E-state index in [0.29, 0.717) is 17.4 Å². The maximum atomic E-state index is 12.3. The van der Waals surface area contributed by atoms with Gasteiger partial charge in [0.2, 0.25) is 11.1 Å². The summed E-state index contributed by atoms with van der Waals surface area (Å²) in [6.45, 7) is 5.32. The van der Waals surface area contributed by atoms with Crippen molar-refractivity contribution in [3.63, 3.8) is 0 Å². The standard InChI is InChI=1S/C19H21N5O2S/c1-12-9-13(2)24-18(20-12)22-19(23-24)27-11-17(26)21-16(14(3)25)10-15-7-5-4-6-8-15/h4-9,16H,10-11H2,1-3H3,(H,21,26)/t16-/m1/s1. The number of ketones is 1. The zero-order chi connectivity index (χ0) is 19.4. The van der Waals surface area contributed by atoms with Gasteiger partial charge in [0.15, 0.2) is 5.78 Å². The third-order valence-electron chi connectivity index (χ3n) is 4.04. The molecular weight excluding hydrogens is 362 g/mol. The molecule has 0 saturated carbocycles. The van der Waals surface area contributed by atoms with Crippen molar-refractivity contribution in [1.29, 1.82) is 0 Å². The number of carbonyl (C=O) groups excluding carboxylic acids is 2. The second kappa shape index (κ2) is 8.30. The van der Waals surface area contributed by atoms with Gasteiger partial charge in [-0.3, -0.25) is 9.59 Å². The zero-order valence-corrected chi connectivity index (χ0v) is 16.3. The zero-order valence-electron chi connectivity index (χ0n) is 15.5. The molecule has 2 aromatic heterocycles. The van der Waals surface area contributed by atoms with Gasteiger partial charge in [0, 0.05) is 11.4 Å². The van der Waals surface area contributed by atoms with Crippen molar-refractivity contribution in [1.82, 2.24) is 24.9 Å². The molecule has 7 nitrogen and oxygen atoms in total. The monoisotopic (exact) mass is 383 g/mol. The number of thioether (sulfide) groups is 1. The Kier molecular flexibility index (Phi) is 5.85. The first-order valence-corrected chi connectivity index (χ1v) is 9.58. The largest absolute Gasteiger partial charge is 0.345 e. The number of rotatable bonds is 7. The highest BCUT2D eigenvalue weighted by molar-refractivity contribution is 7.99. The molecule has 3 rings (SSSR count).